The van der Waals surface area contributed by atoms with Crippen LogP contribution in [0, 0.1) is 0 Å². The van der Waals surface area contributed by atoms with Crippen LogP contribution in [0.4, 0.5) is 14.5 Å². The van der Waals surface area contributed by atoms with Crippen molar-refractivity contribution in [3.8, 4) is 0 Å². The number of methoxy groups -OCH3 is 1. The lowest BCUT2D eigenvalue weighted by Crippen LogP contribution is -2.11. The molecule has 0 atom stereocenters. The topological polar surface area (TPSA) is 30.5 Å². The van der Waals surface area contributed by atoms with Gasteiger partial charge in [0.2, 0.25) is 0 Å². The fourth-order valence-corrected chi connectivity index (χ4v) is 2.09. The molecule has 0 saturated heterocycles. The number of benzene rings is 1. The van der Waals surface area contributed by atoms with E-state index in [1.54, 1.807) is 25.3 Å². The molecule has 0 aliphatic carbocycles. The summed E-state index contributed by atoms with van der Waals surface area (Å²) in [6.45, 7) is 2.45. The molecule has 0 aromatic heterocycles. The standard InChI is InChI=1S/C13H19F2NO2S/c1-17-8-4-9-18-10-7-16-11-5-2-3-6-12(11)19-13(14)15/h2-3,5-6,13,16H,4,7-10H2,1H3. The Bertz CT molecular complexity index is 353. The van der Waals surface area contributed by atoms with E-state index in [0.717, 1.165) is 6.42 Å². The molecular formula is C13H19F2NO2S. The van der Waals surface area contributed by atoms with Crippen LogP contribution < -0.4 is 5.32 Å². The number of anilines is 1. The first-order chi connectivity index (χ1) is 9.24. The minimum absolute atomic E-state index is 0.539. The van der Waals surface area contributed by atoms with E-state index in [1.807, 2.05) is 6.07 Å². The quantitative estimate of drug-likeness (QED) is 0.528. The Morgan fingerprint density at radius 1 is 1.21 bits per heavy atom. The maximum atomic E-state index is 12.4. The molecule has 19 heavy (non-hydrogen) atoms. The third-order valence-electron chi connectivity index (χ3n) is 2.30. The van der Waals surface area contributed by atoms with Gasteiger partial charge in [0.15, 0.2) is 0 Å². The summed E-state index contributed by atoms with van der Waals surface area (Å²) < 4.78 is 35.0. The predicted octanol–water partition coefficient (Wildman–Crippen LogP) is 3.47. The highest BCUT2D eigenvalue weighted by Crippen LogP contribution is 2.31. The van der Waals surface area contributed by atoms with Gasteiger partial charge in [-0.15, -0.1) is 0 Å². The van der Waals surface area contributed by atoms with E-state index in [0.29, 0.717) is 48.7 Å². The molecule has 0 fully saturated rings. The van der Waals surface area contributed by atoms with Crippen molar-refractivity contribution in [2.45, 2.75) is 17.1 Å². The van der Waals surface area contributed by atoms with Crippen molar-refractivity contribution in [1.82, 2.24) is 0 Å². The third-order valence-corrected chi connectivity index (χ3v) is 3.09. The van der Waals surface area contributed by atoms with E-state index in [9.17, 15) is 8.78 Å². The highest BCUT2D eigenvalue weighted by Gasteiger charge is 2.08. The molecule has 0 aliphatic heterocycles. The third kappa shape index (κ3) is 7.34. The van der Waals surface area contributed by atoms with Gasteiger partial charge in [0, 0.05) is 37.5 Å². The van der Waals surface area contributed by atoms with Crippen molar-refractivity contribution < 1.29 is 18.3 Å². The zero-order valence-corrected chi connectivity index (χ0v) is 11.7. The summed E-state index contributed by atoms with van der Waals surface area (Å²) >= 11 is 0.547. The number of nitrogens with one attached hydrogen (secondary N) is 1. The lowest BCUT2D eigenvalue weighted by atomic mass is 10.3. The second-order valence-corrected chi connectivity index (χ2v) is 4.79. The zero-order valence-electron chi connectivity index (χ0n) is 10.9. The van der Waals surface area contributed by atoms with Crippen LogP contribution in [0.3, 0.4) is 0 Å². The monoisotopic (exact) mass is 291 g/mol. The largest absolute Gasteiger partial charge is 0.385 e. The van der Waals surface area contributed by atoms with Crippen molar-refractivity contribution in [3.05, 3.63) is 24.3 Å². The second-order valence-electron chi connectivity index (χ2n) is 3.76. The van der Waals surface area contributed by atoms with E-state index in [-0.39, 0.29) is 0 Å². The molecule has 1 N–H and O–H groups in total. The van der Waals surface area contributed by atoms with Gasteiger partial charge in [-0.1, -0.05) is 23.9 Å². The van der Waals surface area contributed by atoms with Gasteiger partial charge in [-0.05, 0) is 18.6 Å². The molecule has 1 aromatic rings. The van der Waals surface area contributed by atoms with E-state index in [2.05, 4.69) is 5.32 Å². The molecule has 0 saturated carbocycles. The molecule has 0 aliphatic rings. The molecule has 0 amide bonds. The van der Waals surface area contributed by atoms with Gasteiger partial charge in [0.05, 0.1) is 6.61 Å². The molecule has 0 unspecified atom stereocenters. The van der Waals surface area contributed by atoms with Gasteiger partial charge in [0.25, 0.3) is 5.76 Å². The van der Waals surface area contributed by atoms with Gasteiger partial charge in [-0.25, -0.2) is 0 Å². The van der Waals surface area contributed by atoms with Crippen molar-refractivity contribution in [2.24, 2.45) is 0 Å². The summed E-state index contributed by atoms with van der Waals surface area (Å²) in [4.78, 5) is 0.553. The molecule has 1 rings (SSSR count). The Labute approximate surface area is 116 Å². The predicted molar refractivity (Wildman–Crippen MR) is 74.1 cm³/mol. The number of alkyl halides is 2. The first-order valence-electron chi connectivity index (χ1n) is 6.08. The Morgan fingerprint density at radius 3 is 2.74 bits per heavy atom. The zero-order chi connectivity index (χ0) is 13.9. The van der Waals surface area contributed by atoms with Crippen LogP contribution in [0.15, 0.2) is 29.2 Å². The minimum Gasteiger partial charge on any atom is -0.385 e. The van der Waals surface area contributed by atoms with Gasteiger partial charge in [-0.2, -0.15) is 8.78 Å². The average molecular weight is 291 g/mol. The fourth-order valence-electron chi connectivity index (χ4n) is 1.48. The summed E-state index contributed by atoms with van der Waals surface area (Å²) in [5, 5.41) is 3.10. The van der Waals surface area contributed by atoms with Crippen LogP contribution in [-0.4, -0.2) is 39.2 Å². The smallest absolute Gasteiger partial charge is 0.288 e. The number of halogens is 2. The Balaban J connectivity index is 2.25. The molecule has 0 radical (unpaired) electrons. The number of thioether (sulfide) groups is 1. The summed E-state index contributed by atoms with van der Waals surface area (Å²) in [6, 6.07) is 7.03. The molecular weight excluding hydrogens is 272 g/mol. The number of ether oxygens (including phenoxy) is 2. The van der Waals surface area contributed by atoms with E-state index < -0.39 is 5.76 Å². The van der Waals surface area contributed by atoms with E-state index in [4.69, 9.17) is 9.47 Å². The molecule has 6 heteroatoms. The Kier molecular flexibility index (Phi) is 8.53. The number of para-hydroxylation sites is 1. The Hall–Kier alpha value is -0.850. The van der Waals surface area contributed by atoms with Crippen LogP contribution in [0.1, 0.15) is 6.42 Å². The first-order valence-corrected chi connectivity index (χ1v) is 6.96. The number of hydrogen-bond acceptors (Lipinski definition) is 4. The molecule has 108 valence electrons. The maximum Gasteiger partial charge on any atom is 0.288 e. The van der Waals surface area contributed by atoms with Crippen molar-refractivity contribution in [1.29, 1.82) is 0 Å². The molecule has 0 bridgehead atoms. The SMILES string of the molecule is COCCCOCCNc1ccccc1SC(F)F. The average Bonchev–Trinajstić information content (AvgIpc) is 2.39. The summed E-state index contributed by atoms with van der Waals surface area (Å²) in [6.07, 6.45) is 0.855. The molecule has 1 aromatic carbocycles. The summed E-state index contributed by atoms with van der Waals surface area (Å²) in [5.74, 6) is -2.41. The van der Waals surface area contributed by atoms with Gasteiger partial charge >= 0.3 is 0 Å². The normalized spacial score (nSPS) is 10.9. The highest BCUT2D eigenvalue weighted by molar-refractivity contribution is 7.99. The summed E-state index contributed by atoms with van der Waals surface area (Å²) in [5.41, 5.74) is 0.716. The second kappa shape index (κ2) is 10.00. The van der Waals surface area contributed by atoms with Crippen LogP contribution >= 0.6 is 11.8 Å². The fraction of sp³-hybridized carbons (Fsp3) is 0.538. The van der Waals surface area contributed by atoms with Gasteiger partial charge in [0.1, 0.15) is 0 Å². The molecule has 0 spiro atoms. The van der Waals surface area contributed by atoms with Gasteiger partial charge in [-0.3, -0.25) is 0 Å². The summed E-state index contributed by atoms with van der Waals surface area (Å²) in [7, 11) is 1.65. The lowest BCUT2D eigenvalue weighted by molar-refractivity contribution is 0.109. The van der Waals surface area contributed by atoms with E-state index >= 15 is 0 Å². The molecule has 3 nitrogen and oxygen atoms in total. The number of hydrogen-bond donors (Lipinski definition) is 1. The number of rotatable bonds is 10. The van der Waals surface area contributed by atoms with E-state index in [1.165, 1.54) is 0 Å². The van der Waals surface area contributed by atoms with Crippen LogP contribution in [0.25, 0.3) is 0 Å². The first kappa shape index (κ1) is 16.2. The van der Waals surface area contributed by atoms with Crippen LogP contribution in [-0.2, 0) is 9.47 Å². The Morgan fingerprint density at radius 2 is 2.00 bits per heavy atom. The maximum absolute atomic E-state index is 12.4. The molecule has 0 heterocycles. The van der Waals surface area contributed by atoms with Crippen molar-refractivity contribution in [3.63, 3.8) is 0 Å². The van der Waals surface area contributed by atoms with Crippen LogP contribution in [0.5, 0.6) is 0 Å². The van der Waals surface area contributed by atoms with Gasteiger partial charge < -0.3 is 14.8 Å². The lowest BCUT2D eigenvalue weighted by Gasteiger charge is -2.11. The van der Waals surface area contributed by atoms with Crippen molar-refractivity contribution in [2.75, 3.05) is 38.8 Å². The minimum atomic E-state index is -2.41. The highest BCUT2D eigenvalue weighted by atomic mass is 32.2. The van der Waals surface area contributed by atoms with Crippen LogP contribution in [0.2, 0.25) is 0 Å². The van der Waals surface area contributed by atoms with Crippen molar-refractivity contribution >= 4 is 17.4 Å².